The number of nitrogens with zero attached hydrogens (tertiary/aromatic N) is 2. The molecule has 1 aliphatic heterocycles. The van der Waals surface area contributed by atoms with Crippen LogP contribution in [0, 0.1) is 0 Å². The molecule has 152 valence electrons. The van der Waals surface area contributed by atoms with Crippen LogP contribution in [-0.4, -0.2) is 30.8 Å². The first kappa shape index (κ1) is 21.1. The highest BCUT2D eigenvalue weighted by Crippen LogP contribution is 2.38. The van der Waals surface area contributed by atoms with Gasteiger partial charge in [0.05, 0.1) is 11.8 Å². The number of benzene rings is 2. The molecule has 0 atom stereocenters. The third kappa shape index (κ3) is 5.07. The van der Waals surface area contributed by atoms with Gasteiger partial charge in [-0.15, -0.1) is 0 Å². The first-order valence-electron chi connectivity index (χ1n) is 9.62. The smallest absolute Gasteiger partial charge is 0.277 e. The van der Waals surface area contributed by atoms with E-state index in [0.29, 0.717) is 5.75 Å². The molecule has 5 nitrogen and oxygen atoms in total. The Hall–Kier alpha value is -2.60. The van der Waals surface area contributed by atoms with Crippen molar-refractivity contribution in [3.63, 3.8) is 0 Å². The van der Waals surface area contributed by atoms with E-state index in [0.717, 1.165) is 16.6 Å². The minimum absolute atomic E-state index is 0.00967. The number of carbonyl (C=O) groups excluding carboxylic acids is 1. The average Bonchev–Trinajstić information content (AvgIpc) is 2.67. The molecular weight excluding hydrogens is 430 g/mol. The molecule has 2 aromatic rings. The predicted molar refractivity (Wildman–Crippen MR) is 123 cm³/mol. The Morgan fingerprint density at radius 3 is 2.66 bits per heavy atom. The second kappa shape index (κ2) is 8.82. The third-order valence-corrected chi connectivity index (χ3v) is 5.43. The van der Waals surface area contributed by atoms with Crippen LogP contribution in [0.15, 0.2) is 58.1 Å². The highest BCUT2D eigenvalue weighted by atomic mass is 79.9. The number of nitrogens with one attached hydrogen (secondary N) is 1. The second-order valence-electron chi connectivity index (χ2n) is 7.54. The van der Waals surface area contributed by atoms with Crippen molar-refractivity contribution in [1.29, 1.82) is 0 Å². The van der Waals surface area contributed by atoms with E-state index in [9.17, 15) is 4.79 Å². The summed E-state index contributed by atoms with van der Waals surface area (Å²) in [5, 5.41) is 4.06. The summed E-state index contributed by atoms with van der Waals surface area (Å²) < 4.78 is 6.40. The van der Waals surface area contributed by atoms with E-state index in [1.165, 1.54) is 16.8 Å². The lowest BCUT2D eigenvalue weighted by atomic mass is 9.88. The second-order valence-corrected chi connectivity index (χ2v) is 8.45. The van der Waals surface area contributed by atoms with Gasteiger partial charge < -0.3 is 9.64 Å². The van der Waals surface area contributed by atoms with Crippen molar-refractivity contribution in [2.24, 2.45) is 5.10 Å². The fraction of sp³-hybridized carbons (Fsp3) is 0.304. The van der Waals surface area contributed by atoms with Crippen molar-refractivity contribution in [1.82, 2.24) is 5.43 Å². The molecule has 3 rings (SSSR count). The van der Waals surface area contributed by atoms with Gasteiger partial charge in [0.15, 0.2) is 6.61 Å². The zero-order valence-corrected chi connectivity index (χ0v) is 18.8. The van der Waals surface area contributed by atoms with Crippen molar-refractivity contribution in [3.8, 4) is 5.75 Å². The SMILES string of the molecule is CCN1c2ccc(/C=N\NC(=O)COc3ccc(Br)cc3)cc2C(C)=CC1(C)C. The largest absolute Gasteiger partial charge is 0.484 e. The van der Waals surface area contributed by atoms with E-state index in [4.69, 9.17) is 4.74 Å². The summed E-state index contributed by atoms with van der Waals surface area (Å²) in [5.41, 5.74) is 7.10. The normalized spacial score (nSPS) is 15.1. The van der Waals surface area contributed by atoms with Gasteiger partial charge in [-0.25, -0.2) is 5.43 Å². The molecular formula is C23H26BrN3O2. The number of anilines is 1. The van der Waals surface area contributed by atoms with Gasteiger partial charge in [-0.05, 0) is 75.2 Å². The van der Waals surface area contributed by atoms with Crippen LogP contribution in [0.1, 0.15) is 38.8 Å². The van der Waals surface area contributed by atoms with Crippen molar-refractivity contribution in [3.05, 3.63) is 64.1 Å². The van der Waals surface area contributed by atoms with Gasteiger partial charge in [-0.3, -0.25) is 4.79 Å². The zero-order chi connectivity index (χ0) is 21.0. The predicted octanol–water partition coefficient (Wildman–Crippen LogP) is 5.00. The summed E-state index contributed by atoms with van der Waals surface area (Å²) in [6.07, 6.45) is 3.95. The molecule has 1 aliphatic rings. The monoisotopic (exact) mass is 455 g/mol. The molecule has 29 heavy (non-hydrogen) atoms. The van der Waals surface area contributed by atoms with Gasteiger partial charge in [0.1, 0.15) is 5.75 Å². The standard InChI is InChI=1S/C23H26BrN3O2/c1-5-27-21-11-6-17(12-20(21)16(2)13-23(27,3)4)14-25-26-22(28)15-29-19-9-7-18(24)8-10-19/h6-14H,5,15H2,1-4H3,(H,26,28)/b25-14-. The number of rotatable bonds is 6. The Bertz CT molecular complexity index is 949. The zero-order valence-electron chi connectivity index (χ0n) is 17.2. The van der Waals surface area contributed by atoms with Crippen molar-refractivity contribution in [2.45, 2.75) is 33.2 Å². The summed E-state index contributed by atoms with van der Waals surface area (Å²) >= 11 is 3.36. The van der Waals surface area contributed by atoms with Gasteiger partial charge in [-0.1, -0.05) is 28.1 Å². The highest BCUT2D eigenvalue weighted by molar-refractivity contribution is 9.10. The number of fused-ring (bicyclic) bond motifs is 1. The maximum absolute atomic E-state index is 11.9. The molecule has 0 unspecified atom stereocenters. The average molecular weight is 456 g/mol. The van der Waals surface area contributed by atoms with Crippen molar-refractivity contribution in [2.75, 3.05) is 18.1 Å². The molecule has 2 aromatic carbocycles. The van der Waals surface area contributed by atoms with E-state index in [1.54, 1.807) is 18.3 Å². The van der Waals surface area contributed by atoms with Gasteiger partial charge in [-0.2, -0.15) is 5.10 Å². The van der Waals surface area contributed by atoms with Crippen LogP contribution < -0.4 is 15.1 Å². The van der Waals surface area contributed by atoms with E-state index in [1.807, 2.05) is 18.2 Å². The number of ether oxygens (including phenoxy) is 1. The fourth-order valence-electron chi connectivity index (χ4n) is 3.65. The van der Waals surface area contributed by atoms with Crippen LogP contribution in [0.3, 0.4) is 0 Å². The van der Waals surface area contributed by atoms with E-state index < -0.39 is 0 Å². The molecule has 0 bridgehead atoms. The lowest BCUT2D eigenvalue weighted by Gasteiger charge is -2.42. The Kier molecular flexibility index (Phi) is 6.42. The molecule has 1 amide bonds. The summed E-state index contributed by atoms with van der Waals surface area (Å²) in [7, 11) is 0. The van der Waals surface area contributed by atoms with Crippen LogP contribution >= 0.6 is 15.9 Å². The number of halogens is 1. The molecule has 0 saturated heterocycles. The minimum Gasteiger partial charge on any atom is -0.484 e. The van der Waals surface area contributed by atoms with E-state index >= 15 is 0 Å². The van der Waals surface area contributed by atoms with E-state index in [2.05, 4.69) is 77.3 Å². The Morgan fingerprint density at radius 1 is 1.24 bits per heavy atom. The van der Waals surface area contributed by atoms with Crippen LogP contribution in [0.5, 0.6) is 5.75 Å². The lowest BCUT2D eigenvalue weighted by Crippen LogP contribution is -2.44. The molecule has 0 aliphatic carbocycles. The summed E-state index contributed by atoms with van der Waals surface area (Å²) in [5.74, 6) is 0.324. The fourth-order valence-corrected chi connectivity index (χ4v) is 3.91. The number of hydrogen-bond donors (Lipinski definition) is 1. The molecule has 1 heterocycles. The van der Waals surface area contributed by atoms with Gasteiger partial charge in [0.25, 0.3) is 5.91 Å². The quantitative estimate of drug-likeness (QED) is 0.492. The first-order chi connectivity index (χ1) is 13.8. The summed E-state index contributed by atoms with van der Waals surface area (Å²) in [4.78, 5) is 14.3. The first-order valence-corrected chi connectivity index (χ1v) is 10.4. The minimum atomic E-state index is -0.308. The Labute approximate surface area is 180 Å². The lowest BCUT2D eigenvalue weighted by molar-refractivity contribution is -0.123. The Balaban J connectivity index is 1.62. The third-order valence-electron chi connectivity index (χ3n) is 4.90. The topological polar surface area (TPSA) is 53.9 Å². The van der Waals surface area contributed by atoms with Gasteiger partial charge in [0.2, 0.25) is 0 Å². The summed E-state index contributed by atoms with van der Waals surface area (Å²) in [6, 6.07) is 13.6. The maximum atomic E-state index is 11.9. The molecule has 0 spiro atoms. The van der Waals surface area contributed by atoms with Crippen molar-refractivity contribution < 1.29 is 9.53 Å². The number of hydrazone groups is 1. The van der Waals surface area contributed by atoms with Gasteiger partial charge in [0, 0.05) is 22.3 Å². The number of allylic oxidation sites excluding steroid dienone is 1. The van der Waals surface area contributed by atoms with Crippen molar-refractivity contribution >= 4 is 39.3 Å². The number of amides is 1. The molecule has 0 fully saturated rings. The van der Waals surface area contributed by atoms with Crippen LogP contribution in [0.4, 0.5) is 5.69 Å². The molecule has 1 N–H and O–H groups in total. The van der Waals surface area contributed by atoms with Gasteiger partial charge >= 0.3 is 0 Å². The highest BCUT2D eigenvalue weighted by Gasteiger charge is 2.29. The van der Waals surface area contributed by atoms with E-state index in [-0.39, 0.29) is 18.1 Å². The molecule has 0 saturated carbocycles. The number of hydrogen-bond acceptors (Lipinski definition) is 4. The number of carbonyl (C=O) groups is 1. The molecule has 6 heteroatoms. The van der Waals surface area contributed by atoms with Crippen LogP contribution in [0.25, 0.3) is 5.57 Å². The van der Waals surface area contributed by atoms with Crippen LogP contribution in [0.2, 0.25) is 0 Å². The maximum Gasteiger partial charge on any atom is 0.277 e. The molecule has 0 aromatic heterocycles. The Morgan fingerprint density at radius 2 is 1.97 bits per heavy atom. The molecule has 0 radical (unpaired) electrons. The number of likely N-dealkylation sites (N-methyl/N-ethyl adjacent to an activating group) is 1. The van der Waals surface area contributed by atoms with Crippen LogP contribution in [-0.2, 0) is 4.79 Å². The summed E-state index contributed by atoms with van der Waals surface area (Å²) in [6.45, 7) is 9.60.